The van der Waals surface area contributed by atoms with Crippen LogP contribution in [-0.2, 0) is 11.2 Å². The van der Waals surface area contributed by atoms with Crippen molar-refractivity contribution in [2.45, 2.75) is 46.1 Å². The molecule has 9 heteroatoms. The Morgan fingerprint density at radius 1 is 1.05 bits per heavy atom. The Labute approximate surface area is 234 Å². The highest BCUT2D eigenvalue weighted by Gasteiger charge is 2.43. The first-order valence-electron chi connectivity index (χ1n) is 12.7. The summed E-state index contributed by atoms with van der Waals surface area (Å²) in [6.45, 7) is 10.5. The number of amidine groups is 1. The summed E-state index contributed by atoms with van der Waals surface area (Å²) >= 11 is 1.54. The molecule has 202 valence electrons. The van der Waals surface area contributed by atoms with Crippen LogP contribution in [0.25, 0.3) is 0 Å². The van der Waals surface area contributed by atoms with Gasteiger partial charge >= 0.3 is 0 Å². The maximum Gasteiger partial charge on any atom is 0.266 e. The van der Waals surface area contributed by atoms with Crippen molar-refractivity contribution in [3.05, 3.63) is 68.9 Å². The maximum atomic E-state index is 13.6. The Morgan fingerprint density at radius 2 is 1.74 bits per heavy atom. The van der Waals surface area contributed by atoms with Crippen LogP contribution in [0.15, 0.2) is 41.8 Å². The summed E-state index contributed by atoms with van der Waals surface area (Å²) in [6.07, 6.45) is 1.30. The molecule has 1 atom stereocenters. The van der Waals surface area contributed by atoms with E-state index in [1.165, 1.54) is 0 Å². The number of aromatic hydroxyl groups is 1. The first-order valence-corrected chi connectivity index (χ1v) is 13.6. The molecule has 2 aliphatic rings. The van der Waals surface area contributed by atoms with Crippen molar-refractivity contribution in [1.82, 2.24) is 4.90 Å². The number of piperazine rings is 1. The summed E-state index contributed by atoms with van der Waals surface area (Å²) in [5.41, 5.74) is 4.67. The summed E-state index contributed by atoms with van der Waals surface area (Å²) in [5.74, 6) is 1.52. The number of halogens is 1. The summed E-state index contributed by atoms with van der Waals surface area (Å²) in [6, 6.07) is 12.0. The van der Waals surface area contributed by atoms with Gasteiger partial charge in [-0.3, -0.25) is 10.2 Å². The van der Waals surface area contributed by atoms with Gasteiger partial charge in [0.25, 0.3) is 5.91 Å². The predicted molar refractivity (Wildman–Crippen MR) is 157 cm³/mol. The highest BCUT2D eigenvalue weighted by Crippen LogP contribution is 2.43. The highest BCUT2D eigenvalue weighted by molar-refractivity contribution is 7.12. The Bertz CT molecular complexity index is 1340. The third kappa shape index (κ3) is 5.07. The molecular weight excluding hydrogens is 520 g/mol. The van der Waals surface area contributed by atoms with E-state index >= 15 is 0 Å². The molecule has 3 aromatic rings. The van der Waals surface area contributed by atoms with Gasteiger partial charge in [-0.25, -0.2) is 0 Å². The lowest BCUT2D eigenvalue weighted by molar-refractivity contribution is -0.148. The number of hydrogen-bond acceptors (Lipinski definition) is 6. The molecule has 0 radical (unpaired) electrons. The fraction of sp³-hybridized carbons (Fsp3) is 0.379. The summed E-state index contributed by atoms with van der Waals surface area (Å²) in [5, 5.41) is 23.8. The van der Waals surface area contributed by atoms with Crippen LogP contribution >= 0.6 is 23.7 Å². The van der Waals surface area contributed by atoms with Gasteiger partial charge in [0.15, 0.2) is 5.60 Å². The number of fused-ring (bicyclic) bond motifs is 1. The average molecular weight is 555 g/mol. The van der Waals surface area contributed by atoms with Crippen molar-refractivity contribution in [2.24, 2.45) is 0 Å². The average Bonchev–Trinajstić information content (AvgIpc) is 3.46. The predicted octanol–water partition coefficient (Wildman–Crippen LogP) is 5.67. The molecule has 2 aliphatic heterocycles. The van der Waals surface area contributed by atoms with Crippen LogP contribution < -0.4 is 15.0 Å². The van der Waals surface area contributed by atoms with E-state index in [1.807, 2.05) is 62.2 Å². The minimum absolute atomic E-state index is 0. The van der Waals surface area contributed by atoms with Crippen LogP contribution in [0.5, 0.6) is 11.5 Å². The Balaban J connectivity index is 0.00000336. The highest BCUT2D eigenvalue weighted by atomic mass is 35.5. The van der Waals surface area contributed by atoms with E-state index < -0.39 is 5.60 Å². The number of phenols is 1. The van der Waals surface area contributed by atoms with Gasteiger partial charge in [0, 0.05) is 49.5 Å². The third-order valence-electron chi connectivity index (χ3n) is 7.81. The molecular formula is C29H35ClN4O3S. The van der Waals surface area contributed by atoms with Crippen molar-refractivity contribution in [1.29, 1.82) is 5.41 Å². The summed E-state index contributed by atoms with van der Waals surface area (Å²) < 4.78 is 6.43. The lowest BCUT2D eigenvalue weighted by Crippen LogP contribution is -2.57. The molecule has 1 amide bonds. The van der Waals surface area contributed by atoms with Gasteiger partial charge in [-0.1, -0.05) is 6.07 Å². The fourth-order valence-corrected chi connectivity index (χ4v) is 5.91. The van der Waals surface area contributed by atoms with E-state index in [-0.39, 0.29) is 18.3 Å². The quantitative estimate of drug-likeness (QED) is 0.285. The number of phenolic OH excluding ortho intramolecular Hbond substituents is 1. The van der Waals surface area contributed by atoms with E-state index in [0.29, 0.717) is 37.5 Å². The molecule has 1 saturated heterocycles. The Hall–Kier alpha value is -3.23. The van der Waals surface area contributed by atoms with Gasteiger partial charge in [-0.2, -0.15) is 0 Å². The number of nitrogens with one attached hydrogen (secondary N) is 2. The second kappa shape index (κ2) is 10.9. The Kier molecular flexibility index (Phi) is 7.95. The fourth-order valence-electron chi connectivity index (χ4n) is 5.28. The minimum atomic E-state index is -0.907. The largest absolute Gasteiger partial charge is 0.507 e. The summed E-state index contributed by atoms with van der Waals surface area (Å²) in [7, 11) is 0. The molecule has 7 nitrogen and oxygen atoms in total. The number of thiophene rings is 1. The van der Waals surface area contributed by atoms with Crippen molar-refractivity contribution < 1.29 is 14.6 Å². The lowest BCUT2D eigenvalue weighted by Gasteiger charge is -2.42. The molecule has 0 aliphatic carbocycles. The molecule has 3 heterocycles. The van der Waals surface area contributed by atoms with Crippen LogP contribution in [0, 0.1) is 26.2 Å². The zero-order valence-electron chi connectivity index (χ0n) is 22.3. The number of amides is 1. The van der Waals surface area contributed by atoms with Crippen molar-refractivity contribution in [2.75, 3.05) is 36.4 Å². The molecule has 0 saturated carbocycles. The zero-order chi connectivity index (χ0) is 26.3. The first-order chi connectivity index (χ1) is 17.7. The third-order valence-corrected chi connectivity index (χ3v) is 8.70. The van der Waals surface area contributed by atoms with Gasteiger partial charge in [0.05, 0.1) is 4.88 Å². The second-order valence-electron chi connectivity index (χ2n) is 10.2. The van der Waals surface area contributed by atoms with Crippen molar-refractivity contribution in [3.8, 4) is 11.5 Å². The van der Waals surface area contributed by atoms with Crippen LogP contribution in [-0.4, -0.2) is 53.5 Å². The number of nitrogens with zero attached hydrogens (tertiary/aromatic N) is 2. The van der Waals surface area contributed by atoms with E-state index in [0.717, 1.165) is 57.3 Å². The molecule has 2 aromatic carbocycles. The van der Waals surface area contributed by atoms with Gasteiger partial charge < -0.3 is 25.0 Å². The van der Waals surface area contributed by atoms with Gasteiger partial charge in [0.2, 0.25) is 0 Å². The van der Waals surface area contributed by atoms with Gasteiger partial charge in [-0.05, 0) is 86.5 Å². The molecule has 1 unspecified atom stereocenters. The second-order valence-corrected chi connectivity index (χ2v) is 11.1. The molecule has 0 spiro atoms. The smallest absolute Gasteiger partial charge is 0.266 e. The SMILES string of the molecule is Cc1c(C)c2c(c(C)c1O)CCC(C)(C(=O)N1CCN(c3ccc(NC(=N)c4cccs4)cc3)CC1)O2.Cl. The molecule has 5 rings (SSSR count). The normalized spacial score (nSPS) is 18.7. The van der Waals surface area contributed by atoms with Crippen LogP contribution in [0.2, 0.25) is 0 Å². The zero-order valence-corrected chi connectivity index (χ0v) is 23.9. The van der Waals surface area contributed by atoms with E-state index in [4.69, 9.17) is 10.1 Å². The number of rotatable bonds is 4. The van der Waals surface area contributed by atoms with Crippen LogP contribution in [0.1, 0.15) is 40.5 Å². The van der Waals surface area contributed by atoms with Gasteiger partial charge in [0.1, 0.15) is 17.3 Å². The van der Waals surface area contributed by atoms with Crippen molar-refractivity contribution >= 4 is 46.9 Å². The number of anilines is 2. The lowest BCUT2D eigenvalue weighted by atomic mass is 9.86. The van der Waals surface area contributed by atoms with Crippen LogP contribution in [0.4, 0.5) is 11.4 Å². The monoisotopic (exact) mass is 554 g/mol. The first kappa shape index (κ1) is 27.8. The van der Waals surface area contributed by atoms with E-state index in [2.05, 4.69) is 22.3 Å². The van der Waals surface area contributed by atoms with Gasteiger partial charge in [-0.15, -0.1) is 23.7 Å². The van der Waals surface area contributed by atoms with Crippen molar-refractivity contribution in [3.63, 3.8) is 0 Å². The molecule has 1 aromatic heterocycles. The van der Waals surface area contributed by atoms with E-state index in [9.17, 15) is 9.90 Å². The van der Waals surface area contributed by atoms with E-state index in [1.54, 1.807) is 11.3 Å². The molecule has 38 heavy (non-hydrogen) atoms. The number of carbonyl (C=O) groups excluding carboxylic acids is 1. The molecule has 1 fully saturated rings. The molecule has 0 bridgehead atoms. The maximum absolute atomic E-state index is 13.6. The number of carbonyl (C=O) groups is 1. The minimum Gasteiger partial charge on any atom is -0.507 e. The van der Waals surface area contributed by atoms with Crippen LogP contribution in [0.3, 0.4) is 0 Å². The number of hydrogen-bond donors (Lipinski definition) is 3. The molecule has 3 N–H and O–H groups in total. The standard InChI is InChI=1S/C29H34N4O3S.ClH/c1-18-19(2)26-23(20(3)25(18)34)11-12-29(4,36-26)28(35)33-15-13-32(14-16-33)22-9-7-21(8-10-22)31-27(30)24-6-5-17-37-24;/h5-10,17,34H,11-16H2,1-4H3,(H2,30,31);1H. The Morgan fingerprint density at radius 3 is 2.37 bits per heavy atom. The number of ether oxygens (including phenoxy) is 1. The summed E-state index contributed by atoms with van der Waals surface area (Å²) in [4.78, 5) is 18.7. The topological polar surface area (TPSA) is 88.9 Å². The number of benzene rings is 2.